The highest BCUT2D eigenvalue weighted by atomic mass is 16.5. The number of Topliss-reactive ketones (excluding diaryl/α,β-unsaturated/α-hetero) is 1. The number of aliphatic hydroxyl groups is 1. The Kier molecular flexibility index (Phi) is 4.23. The first-order valence-electron chi connectivity index (χ1n) is 10.2. The third-order valence-electron chi connectivity index (χ3n) is 6.19. The number of carbonyl (C=O) groups excluding carboxylic acids is 2. The van der Waals surface area contributed by atoms with Gasteiger partial charge in [-0.15, -0.1) is 0 Å². The highest BCUT2D eigenvalue weighted by Crippen LogP contribution is 2.44. The van der Waals surface area contributed by atoms with Crippen LogP contribution in [0.3, 0.4) is 0 Å². The van der Waals surface area contributed by atoms with Crippen molar-refractivity contribution in [3.05, 3.63) is 58.6 Å². The largest absolute Gasteiger partial charge is 0.507 e. The molecule has 2 fully saturated rings. The fraction of sp³-hybridized carbons (Fsp3) is 0.391. The lowest BCUT2D eigenvalue weighted by Gasteiger charge is -2.29. The van der Waals surface area contributed by atoms with Gasteiger partial charge in [0.2, 0.25) is 0 Å². The minimum Gasteiger partial charge on any atom is -0.507 e. The minimum atomic E-state index is -0.698. The second-order valence-electron chi connectivity index (χ2n) is 8.01. The van der Waals surface area contributed by atoms with E-state index in [1.165, 1.54) is 0 Å². The molecule has 2 aliphatic heterocycles. The molecule has 5 rings (SSSR count). The Morgan fingerprint density at radius 3 is 2.66 bits per heavy atom. The summed E-state index contributed by atoms with van der Waals surface area (Å²) in [5.41, 5.74) is 1.62. The monoisotopic (exact) mass is 393 g/mol. The number of amides is 1. The standard InChI is InChI=1S/C23H23NO5/c1-13-6-8-18(29-13)20-19(22(26)23(27)24(20)16-4-2-3-5-16)21(25)15-7-9-17-14(12-15)10-11-28-17/h6-9,12,16,20,25H,2-5,10-11H2,1H3/b21-19-. The molecule has 6 nitrogen and oxygen atoms in total. The maximum atomic E-state index is 13.0. The van der Waals surface area contributed by atoms with Gasteiger partial charge in [0, 0.05) is 18.0 Å². The highest BCUT2D eigenvalue weighted by Gasteiger charge is 2.50. The molecule has 150 valence electrons. The summed E-state index contributed by atoms with van der Waals surface area (Å²) >= 11 is 0. The van der Waals surface area contributed by atoms with Crippen LogP contribution in [0.15, 0.2) is 40.3 Å². The fourth-order valence-electron chi connectivity index (χ4n) is 4.78. The number of furan rings is 1. The summed E-state index contributed by atoms with van der Waals surface area (Å²) in [5.74, 6) is 0.655. The third kappa shape index (κ3) is 2.85. The van der Waals surface area contributed by atoms with Gasteiger partial charge in [-0.2, -0.15) is 0 Å². The molecule has 1 aromatic heterocycles. The number of nitrogens with zero attached hydrogens (tertiary/aromatic N) is 1. The fourth-order valence-corrected chi connectivity index (χ4v) is 4.78. The first kappa shape index (κ1) is 18.0. The first-order chi connectivity index (χ1) is 14.0. The molecule has 3 aliphatic rings. The molecule has 1 atom stereocenters. The van der Waals surface area contributed by atoms with E-state index >= 15 is 0 Å². The van der Waals surface area contributed by atoms with Crippen molar-refractivity contribution in [2.45, 2.75) is 51.1 Å². The lowest BCUT2D eigenvalue weighted by Crippen LogP contribution is -2.37. The lowest BCUT2D eigenvalue weighted by atomic mass is 9.97. The highest BCUT2D eigenvalue weighted by molar-refractivity contribution is 6.46. The molecule has 0 bridgehead atoms. The predicted molar refractivity (Wildman–Crippen MR) is 105 cm³/mol. The number of carbonyl (C=O) groups is 2. The summed E-state index contributed by atoms with van der Waals surface area (Å²) in [5, 5.41) is 11.1. The summed E-state index contributed by atoms with van der Waals surface area (Å²) in [4.78, 5) is 27.7. The van der Waals surface area contributed by atoms with Gasteiger partial charge >= 0.3 is 0 Å². The van der Waals surface area contributed by atoms with Crippen LogP contribution in [0.4, 0.5) is 0 Å². The molecular formula is C23H23NO5. The summed E-state index contributed by atoms with van der Waals surface area (Å²) in [7, 11) is 0. The third-order valence-corrected chi connectivity index (χ3v) is 6.19. The molecule has 0 spiro atoms. The SMILES string of the molecule is Cc1ccc(C2/C(=C(/O)c3ccc4c(c3)CCO4)C(=O)C(=O)N2C2CCCC2)o1. The second kappa shape index (κ2) is 6.79. The van der Waals surface area contributed by atoms with Crippen molar-refractivity contribution in [3.8, 4) is 5.75 Å². The van der Waals surface area contributed by atoms with Crippen molar-refractivity contribution < 1.29 is 23.8 Å². The van der Waals surface area contributed by atoms with E-state index in [0.29, 0.717) is 23.7 Å². The molecule has 1 saturated heterocycles. The van der Waals surface area contributed by atoms with Crippen LogP contribution < -0.4 is 4.74 Å². The number of fused-ring (bicyclic) bond motifs is 1. The van der Waals surface area contributed by atoms with Crippen molar-refractivity contribution in [2.75, 3.05) is 6.61 Å². The zero-order valence-corrected chi connectivity index (χ0v) is 16.3. The van der Waals surface area contributed by atoms with Crippen molar-refractivity contribution in [1.29, 1.82) is 0 Å². The Balaban J connectivity index is 1.65. The van der Waals surface area contributed by atoms with Crippen LogP contribution in [0.1, 0.15) is 54.4 Å². The van der Waals surface area contributed by atoms with E-state index in [2.05, 4.69) is 0 Å². The number of ether oxygens (including phenoxy) is 1. The minimum absolute atomic E-state index is 0.0134. The Labute approximate surface area is 168 Å². The smallest absolute Gasteiger partial charge is 0.296 e. The lowest BCUT2D eigenvalue weighted by molar-refractivity contribution is -0.141. The number of hydrogen-bond donors (Lipinski definition) is 1. The van der Waals surface area contributed by atoms with Crippen molar-refractivity contribution >= 4 is 17.4 Å². The molecule has 1 aromatic carbocycles. The Hall–Kier alpha value is -3.02. The van der Waals surface area contributed by atoms with E-state index in [0.717, 1.165) is 43.4 Å². The van der Waals surface area contributed by atoms with Gasteiger partial charge < -0.3 is 19.2 Å². The maximum Gasteiger partial charge on any atom is 0.296 e. The van der Waals surface area contributed by atoms with Crippen molar-refractivity contribution in [3.63, 3.8) is 0 Å². The van der Waals surface area contributed by atoms with Gasteiger partial charge in [-0.05, 0) is 55.7 Å². The molecule has 1 amide bonds. The summed E-state index contributed by atoms with van der Waals surface area (Å²) in [6, 6.07) is 8.26. The molecule has 2 aromatic rings. The van der Waals surface area contributed by atoms with Crippen LogP contribution in [0.5, 0.6) is 5.75 Å². The van der Waals surface area contributed by atoms with Crippen LogP contribution in [0.2, 0.25) is 0 Å². The topological polar surface area (TPSA) is 80.0 Å². The summed E-state index contributed by atoms with van der Waals surface area (Å²) < 4.78 is 11.4. The Bertz CT molecular complexity index is 1030. The zero-order chi connectivity index (χ0) is 20.1. The number of benzene rings is 1. The summed E-state index contributed by atoms with van der Waals surface area (Å²) in [6.07, 6.45) is 4.54. The molecule has 0 radical (unpaired) electrons. The van der Waals surface area contributed by atoms with Crippen LogP contribution in [-0.2, 0) is 16.0 Å². The summed E-state index contributed by atoms with van der Waals surface area (Å²) in [6.45, 7) is 2.43. The van der Waals surface area contributed by atoms with E-state index in [9.17, 15) is 14.7 Å². The number of hydrogen-bond acceptors (Lipinski definition) is 5. The number of aryl methyl sites for hydroxylation is 1. The van der Waals surface area contributed by atoms with E-state index in [-0.39, 0.29) is 17.4 Å². The normalized spacial score (nSPS) is 23.6. The predicted octanol–water partition coefficient (Wildman–Crippen LogP) is 3.89. The molecule has 3 heterocycles. The average Bonchev–Trinajstić information content (AvgIpc) is 3.49. The van der Waals surface area contributed by atoms with Crippen LogP contribution in [0.25, 0.3) is 5.76 Å². The van der Waals surface area contributed by atoms with Gasteiger partial charge in [0.15, 0.2) is 0 Å². The van der Waals surface area contributed by atoms with Gasteiger partial charge in [0.05, 0.1) is 12.2 Å². The first-order valence-corrected chi connectivity index (χ1v) is 10.2. The van der Waals surface area contributed by atoms with E-state index < -0.39 is 17.7 Å². The second-order valence-corrected chi connectivity index (χ2v) is 8.01. The van der Waals surface area contributed by atoms with Crippen LogP contribution >= 0.6 is 0 Å². The van der Waals surface area contributed by atoms with Gasteiger partial charge in [0.25, 0.3) is 11.7 Å². The van der Waals surface area contributed by atoms with Crippen molar-refractivity contribution in [2.24, 2.45) is 0 Å². The molecule has 1 unspecified atom stereocenters. The average molecular weight is 393 g/mol. The van der Waals surface area contributed by atoms with Crippen LogP contribution in [-0.4, -0.2) is 34.3 Å². The van der Waals surface area contributed by atoms with Gasteiger partial charge in [-0.25, -0.2) is 0 Å². The molecule has 6 heteroatoms. The van der Waals surface area contributed by atoms with Gasteiger partial charge in [0.1, 0.15) is 29.1 Å². The quantitative estimate of drug-likeness (QED) is 0.486. The number of aliphatic hydroxyl groups excluding tert-OH is 1. The number of rotatable bonds is 3. The van der Waals surface area contributed by atoms with Gasteiger partial charge in [-0.1, -0.05) is 12.8 Å². The zero-order valence-electron chi connectivity index (χ0n) is 16.3. The molecule has 1 N–H and O–H groups in total. The Morgan fingerprint density at radius 1 is 1.14 bits per heavy atom. The molecule has 29 heavy (non-hydrogen) atoms. The number of likely N-dealkylation sites (tertiary alicyclic amines) is 1. The van der Waals surface area contributed by atoms with E-state index in [1.54, 1.807) is 23.1 Å². The maximum absolute atomic E-state index is 13.0. The Morgan fingerprint density at radius 2 is 1.93 bits per heavy atom. The van der Waals surface area contributed by atoms with E-state index in [4.69, 9.17) is 9.15 Å². The van der Waals surface area contributed by atoms with Crippen molar-refractivity contribution in [1.82, 2.24) is 4.90 Å². The van der Waals surface area contributed by atoms with Crippen LogP contribution in [0, 0.1) is 6.92 Å². The number of ketones is 1. The molecule has 1 saturated carbocycles. The van der Waals surface area contributed by atoms with Gasteiger partial charge in [-0.3, -0.25) is 9.59 Å². The molecule has 1 aliphatic carbocycles. The molecular weight excluding hydrogens is 370 g/mol. The van der Waals surface area contributed by atoms with E-state index in [1.807, 2.05) is 19.1 Å².